The van der Waals surface area contributed by atoms with E-state index < -0.39 is 0 Å². The lowest BCUT2D eigenvalue weighted by Gasteiger charge is -2.35. The highest BCUT2D eigenvalue weighted by molar-refractivity contribution is 8.13. The van der Waals surface area contributed by atoms with Gasteiger partial charge in [-0.15, -0.1) is 0 Å². The van der Waals surface area contributed by atoms with Gasteiger partial charge in [0.2, 0.25) is 0 Å². The van der Waals surface area contributed by atoms with Crippen LogP contribution in [0.4, 0.5) is 0 Å². The van der Waals surface area contributed by atoms with Gasteiger partial charge in [-0.3, -0.25) is 9.59 Å². The molecular formula is C19H32N2O2S2. The van der Waals surface area contributed by atoms with Crippen molar-refractivity contribution in [3.63, 3.8) is 0 Å². The molecule has 25 heavy (non-hydrogen) atoms. The summed E-state index contributed by atoms with van der Waals surface area (Å²) in [6.07, 6.45) is 5.99. The maximum Gasteiger partial charge on any atom is 0.251 e. The van der Waals surface area contributed by atoms with Crippen molar-refractivity contribution < 1.29 is 4.79 Å². The Labute approximate surface area is 160 Å². The zero-order valence-electron chi connectivity index (χ0n) is 16.1. The maximum absolute atomic E-state index is 12.6. The first kappa shape index (κ1) is 22.3. The van der Waals surface area contributed by atoms with Crippen molar-refractivity contribution in [2.24, 2.45) is 17.3 Å². The first-order chi connectivity index (χ1) is 11.8. The predicted octanol–water partition coefficient (Wildman–Crippen LogP) is 5.00. The molecule has 0 aliphatic rings. The number of hydrogen-bond acceptors (Lipinski definition) is 5. The highest BCUT2D eigenvalue weighted by atomic mass is 32.2. The molecule has 1 aromatic rings. The first-order valence-electron chi connectivity index (χ1n) is 9.13. The Kier molecular flexibility index (Phi) is 9.87. The minimum atomic E-state index is -0.235. The summed E-state index contributed by atoms with van der Waals surface area (Å²) in [4.78, 5) is 30.6. The van der Waals surface area contributed by atoms with Crippen LogP contribution < -0.4 is 5.56 Å². The number of rotatable bonds is 11. The molecule has 6 heteroatoms. The lowest BCUT2D eigenvalue weighted by Crippen LogP contribution is -2.36. The zero-order chi connectivity index (χ0) is 18.9. The fourth-order valence-corrected chi connectivity index (χ4v) is 4.78. The average molecular weight is 385 g/mol. The van der Waals surface area contributed by atoms with Crippen molar-refractivity contribution in [1.29, 1.82) is 0 Å². The third-order valence-electron chi connectivity index (χ3n) is 5.00. The van der Waals surface area contributed by atoms with Crippen LogP contribution in [0.2, 0.25) is 0 Å². The van der Waals surface area contributed by atoms with E-state index in [0.717, 1.165) is 37.2 Å². The molecule has 1 N–H and O–H groups in total. The van der Waals surface area contributed by atoms with Crippen molar-refractivity contribution in [1.82, 2.24) is 9.97 Å². The summed E-state index contributed by atoms with van der Waals surface area (Å²) in [5.74, 6) is 2.59. The zero-order valence-corrected chi connectivity index (χ0v) is 17.8. The minimum absolute atomic E-state index is 0.103. The van der Waals surface area contributed by atoms with E-state index in [2.05, 4.69) is 44.6 Å². The molecule has 0 unspecified atom stereocenters. The number of aromatic nitrogens is 2. The molecule has 4 nitrogen and oxygen atoms in total. The third-order valence-corrected chi connectivity index (χ3v) is 7.17. The highest BCUT2D eigenvalue weighted by Crippen LogP contribution is 2.39. The number of hydrogen-bond donors (Lipinski definition) is 1. The molecule has 0 spiro atoms. The summed E-state index contributed by atoms with van der Waals surface area (Å²) in [5.41, 5.74) is -0.338. The van der Waals surface area contributed by atoms with Crippen LogP contribution in [0.25, 0.3) is 0 Å². The summed E-state index contributed by atoms with van der Waals surface area (Å²) in [6, 6.07) is 1.42. The number of H-pyrrole nitrogens is 1. The lowest BCUT2D eigenvalue weighted by molar-refractivity contribution is -0.123. The molecule has 0 saturated heterocycles. The molecule has 0 aliphatic carbocycles. The van der Waals surface area contributed by atoms with E-state index in [1.165, 1.54) is 24.0 Å². The topological polar surface area (TPSA) is 62.8 Å². The van der Waals surface area contributed by atoms with Gasteiger partial charge in [-0.05, 0) is 24.7 Å². The minimum Gasteiger partial charge on any atom is -0.301 e. The predicted molar refractivity (Wildman–Crippen MR) is 109 cm³/mol. The summed E-state index contributed by atoms with van der Waals surface area (Å²) in [7, 11) is 0. The van der Waals surface area contributed by atoms with Crippen molar-refractivity contribution in [2.45, 2.75) is 65.5 Å². The first-order valence-corrected chi connectivity index (χ1v) is 11.1. The molecule has 0 saturated carbocycles. The van der Waals surface area contributed by atoms with E-state index in [-0.39, 0.29) is 11.0 Å². The van der Waals surface area contributed by atoms with Crippen molar-refractivity contribution in [2.75, 3.05) is 11.5 Å². The van der Waals surface area contributed by atoms with Crippen LogP contribution in [-0.4, -0.2) is 26.6 Å². The normalized spacial score (nSPS) is 12.1. The lowest BCUT2D eigenvalue weighted by atomic mass is 9.71. The van der Waals surface area contributed by atoms with Crippen molar-refractivity contribution >= 4 is 28.6 Å². The largest absolute Gasteiger partial charge is 0.301 e. The van der Waals surface area contributed by atoms with E-state index in [0.29, 0.717) is 22.1 Å². The average Bonchev–Trinajstić information content (AvgIpc) is 2.55. The molecule has 0 radical (unpaired) electrons. The molecule has 0 aliphatic heterocycles. The molecule has 0 bridgehead atoms. The quantitative estimate of drug-likeness (QED) is 0.330. The summed E-state index contributed by atoms with van der Waals surface area (Å²) < 4.78 is 0. The molecule has 1 aromatic heterocycles. The van der Waals surface area contributed by atoms with Crippen molar-refractivity contribution in [3.8, 4) is 0 Å². The van der Waals surface area contributed by atoms with Gasteiger partial charge in [-0.1, -0.05) is 71.0 Å². The number of nitrogens with zero attached hydrogens (tertiary/aromatic N) is 1. The Morgan fingerprint density at radius 1 is 1.12 bits per heavy atom. The standard InChI is InChI=1S/C19H32N2O2S2/c1-14(2)19(5,15(3)4)17(23)24-12-8-6-7-9-13-25-18-20-11-10-16(22)21-18/h10-11,14-15H,6-9,12-13H2,1-5H3,(H,20,21,22). The van der Waals surface area contributed by atoms with E-state index >= 15 is 0 Å². The van der Waals surface area contributed by atoms with Gasteiger partial charge >= 0.3 is 0 Å². The summed E-state index contributed by atoms with van der Waals surface area (Å²) >= 11 is 3.10. The van der Waals surface area contributed by atoms with Gasteiger partial charge < -0.3 is 4.98 Å². The SMILES string of the molecule is CC(C)C(C)(C(=O)SCCCCCCSc1nccc(=O)[nH]1)C(C)C. The van der Waals surface area contributed by atoms with Gasteiger partial charge in [0.25, 0.3) is 5.56 Å². The summed E-state index contributed by atoms with van der Waals surface area (Å²) in [5, 5.41) is 1.03. The van der Waals surface area contributed by atoms with Gasteiger partial charge in [0.1, 0.15) is 0 Å². The molecule has 142 valence electrons. The van der Waals surface area contributed by atoms with Crippen LogP contribution in [0.15, 0.2) is 22.2 Å². The van der Waals surface area contributed by atoms with Gasteiger partial charge in [-0.25, -0.2) is 4.98 Å². The van der Waals surface area contributed by atoms with E-state index in [4.69, 9.17) is 0 Å². The van der Waals surface area contributed by atoms with Gasteiger partial charge in [0, 0.05) is 29.2 Å². The van der Waals surface area contributed by atoms with Gasteiger partial charge in [0.05, 0.1) is 0 Å². The Hall–Kier alpha value is -0.750. The number of aromatic amines is 1. The van der Waals surface area contributed by atoms with E-state index in [1.807, 2.05) is 0 Å². The second-order valence-electron chi connectivity index (χ2n) is 7.23. The number of nitrogens with one attached hydrogen (secondary N) is 1. The highest BCUT2D eigenvalue weighted by Gasteiger charge is 2.39. The number of unbranched alkanes of at least 4 members (excludes halogenated alkanes) is 3. The molecular weight excluding hydrogens is 352 g/mol. The number of carbonyl (C=O) groups is 1. The van der Waals surface area contributed by atoms with E-state index in [1.54, 1.807) is 11.8 Å². The van der Waals surface area contributed by atoms with Crippen LogP contribution in [-0.2, 0) is 4.79 Å². The van der Waals surface area contributed by atoms with Crippen LogP contribution in [0.1, 0.15) is 60.3 Å². The maximum atomic E-state index is 12.6. The molecule has 0 aromatic carbocycles. The second-order valence-corrected chi connectivity index (χ2v) is 9.38. The van der Waals surface area contributed by atoms with Crippen molar-refractivity contribution in [3.05, 3.63) is 22.6 Å². The van der Waals surface area contributed by atoms with Gasteiger partial charge in [0.15, 0.2) is 10.3 Å². The Balaban J connectivity index is 2.15. The number of carbonyl (C=O) groups excluding carboxylic acids is 1. The van der Waals surface area contributed by atoms with Gasteiger partial charge in [-0.2, -0.15) is 0 Å². The Bertz CT molecular complexity index is 577. The monoisotopic (exact) mass is 384 g/mol. The smallest absolute Gasteiger partial charge is 0.251 e. The fraction of sp³-hybridized carbons (Fsp3) is 0.737. The number of thioether (sulfide) groups is 2. The Morgan fingerprint density at radius 2 is 1.72 bits per heavy atom. The fourth-order valence-electron chi connectivity index (χ4n) is 2.61. The van der Waals surface area contributed by atoms with Crippen LogP contribution in [0.5, 0.6) is 0 Å². The molecule has 1 rings (SSSR count). The molecule has 0 amide bonds. The second kappa shape index (κ2) is 11.1. The molecule has 0 fully saturated rings. The van der Waals surface area contributed by atoms with E-state index in [9.17, 15) is 9.59 Å². The Morgan fingerprint density at radius 3 is 2.28 bits per heavy atom. The van der Waals surface area contributed by atoms with Crippen LogP contribution >= 0.6 is 23.5 Å². The molecule has 0 atom stereocenters. The third kappa shape index (κ3) is 7.18. The summed E-state index contributed by atoms with van der Waals surface area (Å²) in [6.45, 7) is 10.7. The van der Waals surface area contributed by atoms with Crippen LogP contribution in [0.3, 0.4) is 0 Å². The molecule has 1 heterocycles. The van der Waals surface area contributed by atoms with Crippen LogP contribution in [0, 0.1) is 17.3 Å².